The average Bonchev–Trinajstić information content (AvgIpc) is 2.22. The fraction of sp³-hybridized carbons (Fsp3) is 0.800. The lowest BCUT2D eigenvalue weighted by molar-refractivity contribution is -0.344. The van der Waals surface area contributed by atoms with Crippen LogP contribution in [0.4, 0.5) is 30.7 Å². The number of ether oxygens (including phenoxy) is 1. The topological polar surface area (TPSA) is 9.23 Å². The molecule has 0 saturated carbocycles. The van der Waals surface area contributed by atoms with Crippen LogP contribution in [0.15, 0.2) is 11.6 Å². The number of allylic oxidation sites excluding steroid dienone is 1. The zero-order chi connectivity index (χ0) is 14.6. The van der Waals surface area contributed by atoms with E-state index < -0.39 is 30.2 Å². The Labute approximate surface area is 99.6 Å². The third kappa shape index (κ3) is 3.60. The minimum Gasteiger partial charge on any atom is -0.377 e. The van der Waals surface area contributed by atoms with Gasteiger partial charge in [0.1, 0.15) is 0 Å². The van der Waals surface area contributed by atoms with Crippen LogP contribution in [0.25, 0.3) is 0 Å². The van der Waals surface area contributed by atoms with E-state index in [9.17, 15) is 30.7 Å². The highest BCUT2D eigenvalue weighted by Gasteiger charge is 2.73. The number of hydrogen-bond donors (Lipinski definition) is 0. The van der Waals surface area contributed by atoms with E-state index in [1.165, 1.54) is 0 Å². The molecule has 0 rings (SSSR count). The molecule has 1 nitrogen and oxygen atoms in total. The summed E-state index contributed by atoms with van der Waals surface area (Å²) in [4.78, 5) is 0. The van der Waals surface area contributed by atoms with Crippen molar-refractivity contribution in [2.45, 2.75) is 38.3 Å². The van der Waals surface area contributed by atoms with Crippen molar-refractivity contribution < 1.29 is 35.5 Å². The van der Waals surface area contributed by atoms with Crippen LogP contribution in [0.5, 0.6) is 0 Å². The average molecular weight is 282 g/mol. The smallest absolute Gasteiger partial charge is 0.377 e. The quantitative estimate of drug-likeness (QED) is 0.403. The van der Waals surface area contributed by atoms with Gasteiger partial charge in [-0.15, -0.1) is 0 Å². The molecule has 0 aliphatic carbocycles. The van der Waals surface area contributed by atoms with Crippen molar-refractivity contribution in [1.29, 1.82) is 0 Å². The lowest BCUT2D eigenvalue weighted by Gasteiger charge is -2.28. The summed E-state index contributed by atoms with van der Waals surface area (Å²) in [5, 5.41) is 0. The van der Waals surface area contributed by atoms with Crippen LogP contribution in [0.1, 0.15) is 20.3 Å². The van der Waals surface area contributed by atoms with Gasteiger partial charge in [-0.1, -0.05) is 13.0 Å². The van der Waals surface area contributed by atoms with E-state index in [-0.39, 0.29) is 6.61 Å². The standard InChI is InChI=1S/C10H13F7O/c1-3-5-18-6-4-7(2)8(11,12)9(13,14)10(15,16)17/h4H,3,5-6H2,1-2H3/b7-4+. The maximum atomic E-state index is 13.0. The molecule has 0 unspecified atom stereocenters. The Kier molecular flexibility index (Phi) is 5.64. The monoisotopic (exact) mass is 282 g/mol. The molecule has 0 radical (unpaired) electrons. The second-order valence-electron chi connectivity index (χ2n) is 3.61. The van der Waals surface area contributed by atoms with Gasteiger partial charge in [-0.2, -0.15) is 30.7 Å². The van der Waals surface area contributed by atoms with Crippen LogP contribution >= 0.6 is 0 Å². The maximum absolute atomic E-state index is 13.0. The molecule has 0 N–H and O–H groups in total. The first-order chi connectivity index (χ1) is 7.98. The highest BCUT2D eigenvalue weighted by molar-refractivity contribution is 5.16. The zero-order valence-electron chi connectivity index (χ0n) is 9.75. The molecule has 0 aromatic heterocycles. The highest BCUT2D eigenvalue weighted by atomic mass is 19.4. The fourth-order valence-corrected chi connectivity index (χ4v) is 0.965. The number of alkyl halides is 7. The summed E-state index contributed by atoms with van der Waals surface area (Å²) in [5.74, 6) is -11.4. The summed E-state index contributed by atoms with van der Waals surface area (Å²) < 4.78 is 91.4. The molecule has 0 aliphatic heterocycles. The number of rotatable bonds is 6. The van der Waals surface area contributed by atoms with E-state index in [1.807, 2.05) is 0 Å². The lowest BCUT2D eigenvalue weighted by atomic mass is 10.0. The minimum absolute atomic E-state index is 0.199. The molecule has 0 aromatic carbocycles. The van der Waals surface area contributed by atoms with Crippen LogP contribution in [-0.2, 0) is 4.74 Å². The van der Waals surface area contributed by atoms with Crippen molar-refractivity contribution >= 4 is 0 Å². The van der Waals surface area contributed by atoms with Gasteiger partial charge in [-0.3, -0.25) is 0 Å². The van der Waals surface area contributed by atoms with Crippen molar-refractivity contribution in [2.24, 2.45) is 0 Å². The molecule has 0 atom stereocenters. The summed E-state index contributed by atoms with van der Waals surface area (Å²) in [5.41, 5.74) is -1.37. The first-order valence-electron chi connectivity index (χ1n) is 5.05. The summed E-state index contributed by atoms with van der Waals surface area (Å²) in [7, 11) is 0. The first-order valence-corrected chi connectivity index (χ1v) is 5.05. The molecule has 108 valence electrons. The maximum Gasteiger partial charge on any atom is 0.460 e. The molecule has 0 bridgehead atoms. The lowest BCUT2D eigenvalue weighted by Crippen LogP contribution is -2.52. The highest BCUT2D eigenvalue weighted by Crippen LogP contribution is 2.49. The van der Waals surface area contributed by atoms with Crippen LogP contribution in [0.2, 0.25) is 0 Å². The van der Waals surface area contributed by atoms with Gasteiger partial charge in [0.15, 0.2) is 0 Å². The Morgan fingerprint density at radius 1 is 1.06 bits per heavy atom. The van der Waals surface area contributed by atoms with Gasteiger partial charge in [0.2, 0.25) is 0 Å². The van der Waals surface area contributed by atoms with E-state index in [2.05, 4.69) is 0 Å². The Balaban J connectivity index is 4.91. The molecule has 0 spiro atoms. The first kappa shape index (κ1) is 17.2. The molecule has 0 fully saturated rings. The minimum atomic E-state index is -6.31. The van der Waals surface area contributed by atoms with E-state index in [4.69, 9.17) is 4.74 Å². The van der Waals surface area contributed by atoms with E-state index in [1.54, 1.807) is 6.92 Å². The van der Waals surface area contributed by atoms with Crippen LogP contribution < -0.4 is 0 Å². The van der Waals surface area contributed by atoms with E-state index in [0.717, 1.165) is 0 Å². The van der Waals surface area contributed by atoms with Crippen molar-refractivity contribution in [3.8, 4) is 0 Å². The molecule has 0 amide bonds. The summed E-state index contributed by atoms with van der Waals surface area (Å²) >= 11 is 0. The third-order valence-corrected chi connectivity index (χ3v) is 2.10. The Morgan fingerprint density at radius 3 is 1.94 bits per heavy atom. The Bertz CT molecular complexity index is 293. The molecule has 18 heavy (non-hydrogen) atoms. The molecular weight excluding hydrogens is 269 g/mol. The second-order valence-corrected chi connectivity index (χ2v) is 3.61. The summed E-state index contributed by atoms with van der Waals surface area (Å²) in [6.45, 7) is 1.99. The van der Waals surface area contributed by atoms with Gasteiger partial charge in [0, 0.05) is 12.2 Å². The molecule has 0 aliphatic rings. The van der Waals surface area contributed by atoms with Gasteiger partial charge in [0.25, 0.3) is 0 Å². The predicted octanol–water partition coefficient (Wildman–Crippen LogP) is 4.19. The van der Waals surface area contributed by atoms with Crippen molar-refractivity contribution in [2.75, 3.05) is 13.2 Å². The number of halogens is 7. The van der Waals surface area contributed by atoms with Gasteiger partial charge in [-0.25, -0.2) is 0 Å². The van der Waals surface area contributed by atoms with Crippen molar-refractivity contribution in [3.63, 3.8) is 0 Å². The summed E-state index contributed by atoms with van der Waals surface area (Å²) in [6.07, 6.45) is -5.22. The summed E-state index contributed by atoms with van der Waals surface area (Å²) in [6, 6.07) is 0. The normalized spacial score (nSPS) is 15.1. The second kappa shape index (κ2) is 5.90. The van der Waals surface area contributed by atoms with Gasteiger partial charge >= 0.3 is 18.0 Å². The largest absolute Gasteiger partial charge is 0.460 e. The number of hydrogen-bond acceptors (Lipinski definition) is 1. The molecule has 0 aromatic rings. The van der Waals surface area contributed by atoms with Gasteiger partial charge < -0.3 is 4.74 Å². The predicted molar refractivity (Wildman–Crippen MR) is 50.8 cm³/mol. The zero-order valence-corrected chi connectivity index (χ0v) is 9.75. The van der Waals surface area contributed by atoms with Crippen molar-refractivity contribution in [1.82, 2.24) is 0 Å². The Hall–Kier alpha value is -0.790. The fourth-order valence-electron chi connectivity index (χ4n) is 0.965. The molecular formula is C10H13F7O. The third-order valence-electron chi connectivity index (χ3n) is 2.10. The van der Waals surface area contributed by atoms with Gasteiger partial charge in [-0.05, 0) is 13.3 Å². The van der Waals surface area contributed by atoms with Crippen LogP contribution in [-0.4, -0.2) is 31.2 Å². The van der Waals surface area contributed by atoms with Crippen LogP contribution in [0, 0.1) is 0 Å². The Morgan fingerprint density at radius 2 is 1.56 bits per heavy atom. The molecule has 8 heteroatoms. The van der Waals surface area contributed by atoms with Crippen molar-refractivity contribution in [3.05, 3.63) is 11.6 Å². The molecule has 0 heterocycles. The van der Waals surface area contributed by atoms with Gasteiger partial charge in [0.05, 0.1) is 6.61 Å². The molecule has 0 saturated heterocycles. The van der Waals surface area contributed by atoms with Crippen LogP contribution in [0.3, 0.4) is 0 Å². The van der Waals surface area contributed by atoms with E-state index in [0.29, 0.717) is 19.4 Å². The van der Waals surface area contributed by atoms with E-state index >= 15 is 0 Å². The SMILES string of the molecule is CCCOC/C=C(\C)C(F)(F)C(F)(F)C(F)(F)F.